The zero-order chi connectivity index (χ0) is 13.1. The van der Waals surface area contributed by atoms with Crippen LogP contribution in [0.1, 0.15) is 23.1 Å². The predicted molar refractivity (Wildman–Crippen MR) is 71.9 cm³/mol. The fourth-order valence-corrected chi connectivity index (χ4v) is 2.11. The summed E-state index contributed by atoms with van der Waals surface area (Å²) < 4.78 is 0. The molecule has 4 nitrogen and oxygen atoms in total. The van der Waals surface area contributed by atoms with Gasteiger partial charge in [-0.25, -0.2) is 0 Å². The van der Waals surface area contributed by atoms with Crippen LogP contribution in [0.25, 0.3) is 5.57 Å². The van der Waals surface area contributed by atoms with Crippen LogP contribution >= 0.6 is 0 Å². The number of hydrogen-bond acceptors (Lipinski definition) is 4. The lowest BCUT2D eigenvalue weighted by atomic mass is 9.97. The number of allylic oxidation sites excluding steroid dienone is 2. The number of nitrogens with one attached hydrogen (secondary N) is 3. The average molecular weight is 238 g/mol. The van der Waals surface area contributed by atoms with Crippen molar-refractivity contribution in [3.05, 3.63) is 40.6 Å². The Hall–Kier alpha value is -2.41. The molecule has 90 valence electrons. The van der Waals surface area contributed by atoms with Gasteiger partial charge in [-0.1, -0.05) is 6.07 Å². The molecule has 0 atom stereocenters. The molecule has 0 amide bonds. The SMILES string of the molecule is Cc1cc(C#N)ccc1/C(C=N)=C1\CC(=N)CN1. The van der Waals surface area contributed by atoms with E-state index in [0.717, 1.165) is 22.4 Å². The second-order valence-electron chi connectivity index (χ2n) is 4.31. The zero-order valence-corrected chi connectivity index (χ0v) is 10.2. The van der Waals surface area contributed by atoms with Crippen LogP contribution in [0.5, 0.6) is 0 Å². The van der Waals surface area contributed by atoms with Crippen LogP contribution in [-0.4, -0.2) is 18.5 Å². The highest BCUT2D eigenvalue weighted by Gasteiger charge is 2.17. The summed E-state index contributed by atoms with van der Waals surface area (Å²) in [5, 5.41) is 27.2. The maximum Gasteiger partial charge on any atom is 0.0991 e. The summed E-state index contributed by atoms with van der Waals surface area (Å²) in [6, 6.07) is 7.55. The van der Waals surface area contributed by atoms with Gasteiger partial charge in [0.05, 0.1) is 18.2 Å². The number of nitriles is 1. The molecule has 4 heteroatoms. The van der Waals surface area contributed by atoms with Gasteiger partial charge in [0.25, 0.3) is 0 Å². The summed E-state index contributed by atoms with van der Waals surface area (Å²) in [6.45, 7) is 2.49. The van der Waals surface area contributed by atoms with Crippen molar-refractivity contribution in [3.63, 3.8) is 0 Å². The Bertz CT molecular complexity index is 590. The van der Waals surface area contributed by atoms with Gasteiger partial charge >= 0.3 is 0 Å². The number of nitrogens with zero attached hydrogens (tertiary/aromatic N) is 1. The van der Waals surface area contributed by atoms with Crippen LogP contribution in [0.3, 0.4) is 0 Å². The Kier molecular flexibility index (Phi) is 3.24. The van der Waals surface area contributed by atoms with E-state index in [-0.39, 0.29) is 0 Å². The van der Waals surface area contributed by atoms with E-state index < -0.39 is 0 Å². The summed E-state index contributed by atoms with van der Waals surface area (Å²) in [4.78, 5) is 0. The molecule has 0 saturated carbocycles. The van der Waals surface area contributed by atoms with Gasteiger partial charge in [0.15, 0.2) is 0 Å². The molecule has 1 aliphatic heterocycles. The van der Waals surface area contributed by atoms with E-state index in [1.54, 1.807) is 6.07 Å². The molecule has 0 unspecified atom stereocenters. The van der Waals surface area contributed by atoms with Crippen molar-refractivity contribution in [1.29, 1.82) is 16.1 Å². The molecule has 0 aromatic heterocycles. The molecule has 1 fully saturated rings. The zero-order valence-electron chi connectivity index (χ0n) is 10.2. The summed E-state index contributed by atoms with van der Waals surface area (Å²) >= 11 is 0. The molecule has 1 aliphatic rings. The van der Waals surface area contributed by atoms with Gasteiger partial charge in [0.1, 0.15) is 0 Å². The molecule has 0 aliphatic carbocycles. The summed E-state index contributed by atoms with van der Waals surface area (Å²) in [5.74, 6) is 0. The minimum Gasteiger partial charge on any atom is -0.382 e. The van der Waals surface area contributed by atoms with E-state index in [1.807, 2.05) is 19.1 Å². The Balaban J connectivity index is 2.50. The van der Waals surface area contributed by atoms with Crippen molar-refractivity contribution < 1.29 is 0 Å². The van der Waals surface area contributed by atoms with Crippen LogP contribution < -0.4 is 5.32 Å². The second kappa shape index (κ2) is 4.84. The van der Waals surface area contributed by atoms with E-state index in [4.69, 9.17) is 16.1 Å². The first kappa shape index (κ1) is 12.1. The van der Waals surface area contributed by atoms with Gasteiger partial charge in [-0.15, -0.1) is 0 Å². The van der Waals surface area contributed by atoms with Crippen LogP contribution in [0, 0.1) is 29.1 Å². The summed E-state index contributed by atoms with van der Waals surface area (Å²) in [7, 11) is 0. The molecule has 0 bridgehead atoms. The Morgan fingerprint density at radius 2 is 2.28 bits per heavy atom. The van der Waals surface area contributed by atoms with Crippen LogP contribution in [-0.2, 0) is 0 Å². The first-order valence-electron chi connectivity index (χ1n) is 5.70. The third-order valence-electron chi connectivity index (χ3n) is 3.02. The molecule has 1 aromatic carbocycles. The van der Waals surface area contributed by atoms with Gasteiger partial charge in [0, 0.05) is 29.6 Å². The smallest absolute Gasteiger partial charge is 0.0991 e. The maximum atomic E-state index is 8.85. The highest BCUT2D eigenvalue weighted by molar-refractivity contribution is 6.11. The van der Waals surface area contributed by atoms with E-state index in [1.165, 1.54) is 6.21 Å². The average Bonchev–Trinajstić information content (AvgIpc) is 2.78. The van der Waals surface area contributed by atoms with Gasteiger partial charge in [-0.3, -0.25) is 0 Å². The summed E-state index contributed by atoms with van der Waals surface area (Å²) in [5.41, 5.74) is 4.90. The van der Waals surface area contributed by atoms with Crippen LogP contribution in [0.4, 0.5) is 0 Å². The van der Waals surface area contributed by atoms with Crippen molar-refractivity contribution in [1.82, 2.24) is 5.32 Å². The Morgan fingerprint density at radius 1 is 1.50 bits per heavy atom. The number of aryl methyl sites for hydroxylation is 1. The largest absolute Gasteiger partial charge is 0.382 e. The number of benzene rings is 1. The monoisotopic (exact) mass is 238 g/mol. The molecule has 3 N–H and O–H groups in total. The maximum absolute atomic E-state index is 8.85. The molecule has 1 heterocycles. The van der Waals surface area contributed by atoms with Crippen molar-refractivity contribution in [2.45, 2.75) is 13.3 Å². The quantitative estimate of drug-likeness (QED) is 0.690. The summed E-state index contributed by atoms with van der Waals surface area (Å²) in [6.07, 6.45) is 1.89. The third-order valence-corrected chi connectivity index (χ3v) is 3.02. The minimum absolute atomic E-state index is 0.558. The third kappa shape index (κ3) is 2.16. The molecule has 2 rings (SSSR count). The molecule has 1 saturated heterocycles. The first-order valence-corrected chi connectivity index (χ1v) is 5.70. The Morgan fingerprint density at radius 3 is 2.78 bits per heavy atom. The number of rotatable bonds is 2. The molecular weight excluding hydrogens is 224 g/mol. The lowest BCUT2D eigenvalue weighted by Gasteiger charge is -2.10. The normalized spacial score (nSPS) is 17.0. The highest BCUT2D eigenvalue weighted by atomic mass is 14.9. The first-order chi connectivity index (χ1) is 8.65. The van der Waals surface area contributed by atoms with Crippen molar-refractivity contribution in [2.75, 3.05) is 6.54 Å². The fourth-order valence-electron chi connectivity index (χ4n) is 2.11. The van der Waals surface area contributed by atoms with Crippen molar-refractivity contribution >= 4 is 17.5 Å². The van der Waals surface area contributed by atoms with Crippen molar-refractivity contribution in [3.8, 4) is 6.07 Å². The van der Waals surface area contributed by atoms with E-state index >= 15 is 0 Å². The molecule has 1 aromatic rings. The van der Waals surface area contributed by atoms with Crippen LogP contribution in [0.2, 0.25) is 0 Å². The molecular formula is C14H14N4. The van der Waals surface area contributed by atoms with E-state index in [0.29, 0.717) is 24.2 Å². The number of hydrogen-bond donors (Lipinski definition) is 3. The molecule has 0 radical (unpaired) electrons. The van der Waals surface area contributed by atoms with E-state index in [2.05, 4.69) is 11.4 Å². The molecule has 18 heavy (non-hydrogen) atoms. The lowest BCUT2D eigenvalue weighted by Crippen LogP contribution is -2.09. The highest BCUT2D eigenvalue weighted by Crippen LogP contribution is 2.24. The lowest BCUT2D eigenvalue weighted by molar-refractivity contribution is 0.989. The molecule has 0 spiro atoms. The Labute approximate surface area is 106 Å². The predicted octanol–water partition coefficient (Wildman–Crippen LogP) is 2.24. The van der Waals surface area contributed by atoms with Gasteiger partial charge in [-0.2, -0.15) is 5.26 Å². The van der Waals surface area contributed by atoms with E-state index in [9.17, 15) is 0 Å². The standard InChI is InChI=1S/C14H14N4/c1-9-4-10(6-15)2-3-12(9)13(7-16)14-5-11(17)8-18-14/h2-4,7,16-18H,5,8H2,1H3/b14-13+,16-7?,17-11?. The van der Waals surface area contributed by atoms with Gasteiger partial charge in [0.2, 0.25) is 0 Å². The fraction of sp³-hybridized carbons (Fsp3) is 0.214. The van der Waals surface area contributed by atoms with Crippen LogP contribution in [0.15, 0.2) is 23.9 Å². The van der Waals surface area contributed by atoms with Crippen molar-refractivity contribution in [2.24, 2.45) is 0 Å². The topological polar surface area (TPSA) is 83.5 Å². The minimum atomic E-state index is 0.558. The second-order valence-corrected chi connectivity index (χ2v) is 4.31. The van der Waals surface area contributed by atoms with Gasteiger partial charge < -0.3 is 16.1 Å². The van der Waals surface area contributed by atoms with Gasteiger partial charge in [-0.05, 0) is 30.2 Å².